The van der Waals surface area contributed by atoms with Gasteiger partial charge in [-0.2, -0.15) is 13.2 Å². The van der Waals surface area contributed by atoms with E-state index in [0.717, 1.165) is 12.3 Å². The first-order valence-corrected chi connectivity index (χ1v) is 6.90. The largest absolute Gasteiger partial charge is 0.468 e. The Morgan fingerprint density at radius 1 is 1.38 bits per heavy atom. The molecule has 134 valence electrons. The number of methoxy groups -OCH3 is 1. The van der Waals surface area contributed by atoms with E-state index in [1.165, 1.54) is 25.0 Å². The van der Waals surface area contributed by atoms with E-state index in [0.29, 0.717) is 0 Å². The Hall–Kier alpha value is -2.36. The second kappa shape index (κ2) is 8.48. The molecule has 1 atom stereocenters. The van der Waals surface area contributed by atoms with Gasteiger partial charge in [0.15, 0.2) is 6.61 Å². The Morgan fingerprint density at radius 3 is 2.50 bits per heavy atom. The zero-order valence-corrected chi connectivity index (χ0v) is 13.2. The number of carbonyl (C=O) groups is 2. The van der Waals surface area contributed by atoms with Crippen LogP contribution in [0.3, 0.4) is 0 Å². The molecule has 0 aromatic carbocycles. The Morgan fingerprint density at radius 2 is 2.04 bits per heavy atom. The second-order valence-electron chi connectivity index (χ2n) is 4.86. The Balaban J connectivity index is 2.85. The van der Waals surface area contributed by atoms with E-state index < -0.39 is 30.6 Å². The molecule has 24 heavy (non-hydrogen) atoms. The lowest BCUT2D eigenvalue weighted by Crippen LogP contribution is -2.47. The molecule has 1 rings (SSSR count). The van der Waals surface area contributed by atoms with Crippen molar-refractivity contribution in [3.63, 3.8) is 0 Å². The minimum absolute atomic E-state index is 0.0820. The fourth-order valence-corrected chi connectivity index (χ4v) is 1.73. The summed E-state index contributed by atoms with van der Waals surface area (Å²) < 4.78 is 45.5. The summed E-state index contributed by atoms with van der Waals surface area (Å²) in [5.41, 5.74) is 5.30. The van der Waals surface area contributed by atoms with Crippen LogP contribution in [0.2, 0.25) is 0 Å². The van der Waals surface area contributed by atoms with Crippen molar-refractivity contribution >= 4 is 11.8 Å². The molecule has 7 nitrogen and oxygen atoms in total. The number of nitrogens with two attached hydrogens (primary N) is 1. The highest BCUT2D eigenvalue weighted by atomic mass is 19.4. The fraction of sp³-hybridized carbons (Fsp3) is 0.500. The van der Waals surface area contributed by atoms with Crippen LogP contribution >= 0.6 is 0 Å². The van der Waals surface area contributed by atoms with Gasteiger partial charge in [0.05, 0.1) is 12.2 Å². The summed E-state index contributed by atoms with van der Waals surface area (Å²) in [7, 11) is 1.44. The SMILES string of the molecule is COCCN(C(=O)c1ccc(OCC(F)(F)F)nc1)C(C)C(N)=O. The van der Waals surface area contributed by atoms with Crippen molar-refractivity contribution in [2.24, 2.45) is 5.73 Å². The van der Waals surface area contributed by atoms with Crippen LogP contribution < -0.4 is 10.5 Å². The van der Waals surface area contributed by atoms with Crippen LogP contribution in [-0.4, -0.2) is 60.8 Å². The molecule has 2 N–H and O–H groups in total. The number of halogens is 3. The standard InChI is InChI=1S/C14H18F3N3O4/c1-9(12(18)21)20(5-6-23-2)13(22)10-3-4-11(19-7-10)24-8-14(15,16)17/h3-4,7,9H,5-6,8H2,1-2H3,(H2,18,21). The highest BCUT2D eigenvalue weighted by molar-refractivity contribution is 5.97. The van der Waals surface area contributed by atoms with Crippen molar-refractivity contribution in [2.45, 2.75) is 19.1 Å². The van der Waals surface area contributed by atoms with Gasteiger partial charge in [-0.3, -0.25) is 9.59 Å². The molecule has 1 heterocycles. The van der Waals surface area contributed by atoms with Crippen LogP contribution in [0, 0.1) is 0 Å². The number of pyridine rings is 1. The molecule has 1 aromatic rings. The highest BCUT2D eigenvalue weighted by Crippen LogP contribution is 2.17. The van der Waals surface area contributed by atoms with Gasteiger partial charge in [0.1, 0.15) is 6.04 Å². The molecule has 0 spiro atoms. The molecule has 0 aliphatic rings. The zero-order valence-electron chi connectivity index (χ0n) is 13.2. The van der Waals surface area contributed by atoms with Crippen LogP contribution in [0.25, 0.3) is 0 Å². The van der Waals surface area contributed by atoms with Gasteiger partial charge in [-0.25, -0.2) is 4.98 Å². The van der Waals surface area contributed by atoms with Gasteiger partial charge in [-0.05, 0) is 13.0 Å². The van der Waals surface area contributed by atoms with Gasteiger partial charge < -0.3 is 20.1 Å². The van der Waals surface area contributed by atoms with Crippen molar-refractivity contribution in [3.8, 4) is 5.88 Å². The summed E-state index contributed by atoms with van der Waals surface area (Å²) in [6, 6.07) is 1.52. The molecular weight excluding hydrogens is 331 g/mol. The maximum Gasteiger partial charge on any atom is 0.422 e. The van der Waals surface area contributed by atoms with E-state index >= 15 is 0 Å². The van der Waals surface area contributed by atoms with E-state index in [2.05, 4.69) is 9.72 Å². The molecule has 10 heteroatoms. The fourth-order valence-electron chi connectivity index (χ4n) is 1.73. The molecule has 0 aliphatic carbocycles. The Labute approximate surface area is 136 Å². The number of hydrogen-bond acceptors (Lipinski definition) is 5. The van der Waals surface area contributed by atoms with Gasteiger partial charge in [0.2, 0.25) is 11.8 Å². The smallest absolute Gasteiger partial charge is 0.422 e. The van der Waals surface area contributed by atoms with Gasteiger partial charge in [0, 0.05) is 25.9 Å². The number of aromatic nitrogens is 1. The Kier molecular flexibility index (Phi) is 6.96. The normalized spacial score (nSPS) is 12.5. The first-order chi connectivity index (χ1) is 11.2. The molecule has 0 aliphatic heterocycles. The van der Waals surface area contributed by atoms with Crippen LogP contribution in [-0.2, 0) is 9.53 Å². The van der Waals surface area contributed by atoms with Crippen molar-refractivity contribution in [3.05, 3.63) is 23.9 Å². The zero-order chi connectivity index (χ0) is 18.3. The predicted octanol–water partition coefficient (Wildman–Crippen LogP) is 0.985. The third kappa shape index (κ3) is 6.03. The lowest BCUT2D eigenvalue weighted by molar-refractivity contribution is -0.154. The first kappa shape index (κ1) is 19.7. The number of hydrogen-bond donors (Lipinski definition) is 1. The molecule has 1 aromatic heterocycles. The summed E-state index contributed by atoms with van der Waals surface area (Å²) in [4.78, 5) is 28.6. The van der Waals surface area contributed by atoms with Crippen LogP contribution in [0.1, 0.15) is 17.3 Å². The van der Waals surface area contributed by atoms with Gasteiger partial charge in [-0.15, -0.1) is 0 Å². The van der Waals surface area contributed by atoms with Crippen molar-refractivity contribution in [2.75, 3.05) is 26.9 Å². The van der Waals surface area contributed by atoms with Gasteiger partial charge in [0.25, 0.3) is 5.91 Å². The minimum atomic E-state index is -4.48. The summed E-state index contributed by atoms with van der Waals surface area (Å²) in [5, 5.41) is 0. The lowest BCUT2D eigenvalue weighted by Gasteiger charge is -2.26. The molecule has 1 unspecified atom stereocenters. The summed E-state index contributed by atoms with van der Waals surface area (Å²) in [5.74, 6) is -1.51. The lowest BCUT2D eigenvalue weighted by atomic mass is 10.2. The third-order valence-corrected chi connectivity index (χ3v) is 3.04. The number of alkyl halides is 3. The van der Waals surface area contributed by atoms with Crippen molar-refractivity contribution in [1.82, 2.24) is 9.88 Å². The number of ether oxygens (including phenoxy) is 2. The topological polar surface area (TPSA) is 94.8 Å². The summed E-state index contributed by atoms with van der Waals surface area (Å²) in [6.45, 7) is 0.283. The average molecular weight is 349 g/mol. The quantitative estimate of drug-likeness (QED) is 0.755. The van der Waals surface area contributed by atoms with Gasteiger partial charge in [-0.1, -0.05) is 0 Å². The van der Waals surface area contributed by atoms with E-state index in [-0.39, 0.29) is 24.6 Å². The molecule has 0 saturated carbocycles. The number of primary amides is 1. The average Bonchev–Trinajstić information content (AvgIpc) is 2.52. The second-order valence-corrected chi connectivity index (χ2v) is 4.86. The number of carbonyl (C=O) groups excluding carboxylic acids is 2. The van der Waals surface area contributed by atoms with Crippen LogP contribution in [0.15, 0.2) is 18.3 Å². The first-order valence-electron chi connectivity index (χ1n) is 6.90. The number of nitrogens with zero attached hydrogens (tertiary/aromatic N) is 2. The van der Waals surface area contributed by atoms with Crippen molar-refractivity contribution < 1.29 is 32.2 Å². The Bertz CT molecular complexity index is 563. The molecule has 0 bridgehead atoms. The third-order valence-electron chi connectivity index (χ3n) is 3.04. The van der Waals surface area contributed by atoms with E-state index in [1.54, 1.807) is 0 Å². The highest BCUT2D eigenvalue weighted by Gasteiger charge is 2.29. The maximum atomic E-state index is 12.4. The number of amides is 2. The molecule has 0 saturated heterocycles. The van der Waals surface area contributed by atoms with E-state index in [4.69, 9.17) is 10.5 Å². The van der Waals surface area contributed by atoms with Crippen molar-refractivity contribution in [1.29, 1.82) is 0 Å². The number of rotatable bonds is 8. The van der Waals surface area contributed by atoms with Gasteiger partial charge >= 0.3 is 6.18 Å². The monoisotopic (exact) mass is 349 g/mol. The predicted molar refractivity (Wildman–Crippen MR) is 77.4 cm³/mol. The van der Waals surface area contributed by atoms with E-state index in [9.17, 15) is 22.8 Å². The summed E-state index contributed by atoms with van der Waals surface area (Å²) >= 11 is 0. The molecule has 0 fully saturated rings. The van der Waals surface area contributed by atoms with Crippen LogP contribution in [0.5, 0.6) is 5.88 Å². The summed E-state index contributed by atoms with van der Waals surface area (Å²) in [6.07, 6.45) is -3.41. The molecular formula is C14H18F3N3O4. The van der Waals surface area contributed by atoms with E-state index in [1.807, 2.05) is 0 Å². The van der Waals surface area contributed by atoms with Crippen LogP contribution in [0.4, 0.5) is 13.2 Å². The molecule has 2 amide bonds. The molecule has 0 radical (unpaired) electrons. The maximum absolute atomic E-state index is 12.4. The minimum Gasteiger partial charge on any atom is -0.468 e.